The summed E-state index contributed by atoms with van der Waals surface area (Å²) in [4.78, 5) is 12.7. The molecule has 0 unspecified atom stereocenters. The van der Waals surface area contributed by atoms with Crippen LogP contribution in [-0.2, 0) is 0 Å². The van der Waals surface area contributed by atoms with Gasteiger partial charge in [0.05, 0.1) is 11.6 Å². The molecule has 1 fully saturated rings. The molecule has 1 aromatic heterocycles. The lowest BCUT2D eigenvalue weighted by Crippen LogP contribution is -2.29. The van der Waals surface area contributed by atoms with E-state index in [-0.39, 0.29) is 17.5 Å². The number of carbonyl (C=O) groups is 1. The molecule has 6 nitrogen and oxygen atoms in total. The molecule has 2 aromatic rings. The second kappa shape index (κ2) is 6.78. The molecule has 1 aliphatic carbocycles. The molecule has 0 radical (unpaired) electrons. The predicted octanol–water partition coefficient (Wildman–Crippen LogP) is 3.01. The summed E-state index contributed by atoms with van der Waals surface area (Å²) in [6.07, 6.45) is 2.29. The Morgan fingerprint density at radius 1 is 1.28 bits per heavy atom. The Labute approximate surface area is 146 Å². The number of carbonyl (C=O) groups excluding carboxylic acids is 1. The lowest BCUT2D eigenvalue weighted by molar-refractivity contribution is 0.0939. The van der Waals surface area contributed by atoms with Gasteiger partial charge in [0.2, 0.25) is 0 Å². The van der Waals surface area contributed by atoms with Crippen molar-refractivity contribution in [2.45, 2.75) is 32.7 Å². The molecule has 1 heterocycles. The maximum Gasteiger partial charge on any atom is 0.270 e. The van der Waals surface area contributed by atoms with Crippen molar-refractivity contribution in [3.05, 3.63) is 41.1 Å². The minimum atomic E-state index is -0.260. The Morgan fingerprint density at radius 3 is 2.48 bits per heavy atom. The Kier molecular flexibility index (Phi) is 4.54. The first-order chi connectivity index (χ1) is 12.0. The lowest BCUT2D eigenvalue weighted by atomic mass is 10.0. The van der Waals surface area contributed by atoms with Gasteiger partial charge in [-0.25, -0.2) is 0 Å². The number of amides is 1. The van der Waals surface area contributed by atoms with Crippen molar-refractivity contribution in [3.63, 3.8) is 0 Å². The largest absolute Gasteiger partial charge is 0.350 e. The van der Waals surface area contributed by atoms with E-state index in [2.05, 4.69) is 22.6 Å². The normalized spacial score (nSPS) is 13.3. The first-order valence-electron chi connectivity index (χ1n) is 8.36. The van der Waals surface area contributed by atoms with Crippen LogP contribution in [0.4, 0.5) is 0 Å². The third-order valence-corrected chi connectivity index (χ3v) is 4.26. The van der Waals surface area contributed by atoms with Crippen molar-refractivity contribution in [2.24, 2.45) is 5.92 Å². The fourth-order valence-corrected chi connectivity index (χ4v) is 2.68. The highest BCUT2D eigenvalue weighted by atomic mass is 16.2. The smallest absolute Gasteiger partial charge is 0.270 e. The van der Waals surface area contributed by atoms with Gasteiger partial charge in [-0.2, -0.15) is 15.6 Å². The van der Waals surface area contributed by atoms with Crippen LogP contribution in [0, 0.1) is 28.6 Å². The van der Waals surface area contributed by atoms with Crippen LogP contribution in [0.25, 0.3) is 11.3 Å². The number of hydrogen-bond acceptors (Lipinski definition) is 4. The fourth-order valence-electron chi connectivity index (χ4n) is 2.68. The van der Waals surface area contributed by atoms with Gasteiger partial charge in [0.1, 0.15) is 23.0 Å². The number of nitriles is 2. The van der Waals surface area contributed by atoms with Gasteiger partial charge in [-0.3, -0.25) is 9.48 Å². The topological polar surface area (TPSA) is 94.5 Å². The predicted molar refractivity (Wildman–Crippen MR) is 92.5 cm³/mol. The SMILES string of the molecule is CC(C)n1nc(-c2ccc(C#N)cc2)c(C#N)c1C(=O)NCC1CC1. The summed E-state index contributed by atoms with van der Waals surface area (Å²) in [6, 6.07) is 11.0. The van der Waals surface area contributed by atoms with E-state index in [0.29, 0.717) is 35.0 Å². The van der Waals surface area contributed by atoms with E-state index in [4.69, 9.17) is 5.26 Å². The van der Waals surface area contributed by atoms with E-state index in [1.807, 2.05) is 13.8 Å². The van der Waals surface area contributed by atoms with E-state index in [9.17, 15) is 10.1 Å². The minimum absolute atomic E-state index is 0.0547. The number of aromatic nitrogens is 2. The van der Waals surface area contributed by atoms with E-state index in [1.165, 1.54) is 0 Å². The molecule has 126 valence electrons. The number of rotatable bonds is 5. The van der Waals surface area contributed by atoms with Gasteiger partial charge in [-0.1, -0.05) is 12.1 Å². The zero-order valence-corrected chi connectivity index (χ0v) is 14.3. The number of nitrogens with zero attached hydrogens (tertiary/aromatic N) is 4. The molecule has 0 spiro atoms. The van der Waals surface area contributed by atoms with Crippen molar-refractivity contribution in [1.29, 1.82) is 10.5 Å². The van der Waals surface area contributed by atoms with Gasteiger partial charge >= 0.3 is 0 Å². The quantitative estimate of drug-likeness (QED) is 0.910. The summed E-state index contributed by atoms with van der Waals surface area (Å²) in [7, 11) is 0. The molecular formula is C19H19N5O. The monoisotopic (exact) mass is 333 g/mol. The highest BCUT2D eigenvalue weighted by Crippen LogP contribution is 2.29. The molecule has 1 N–H and O–H groups in total. The van der Waals surface area contributed by atoms with Gasteiger partial charge < -0.3 is 5.32 Å². The van der Waals surface area contributed by atoms with Crippen LogP contribution >= 0.6 is 0 Å². The highest BCUT2D eigenvalue weighted by Gasteiger charge is 2.28. The molecule has 6 heteroatoms. The van der Waals surface area contributed by atoms with Crippen LogP contribution < -0.4 is 5.32 Å². The molecule has 1 amide bonds. The fraction of sp³-hybridized carbons (Fsp3) is 0.368. The summed E-state index contributed by atoms with van der Waals surface area (Å²) < 4.78 is 1.61. The molecule has 0 bridgehead atoms. The van der Waals surface area contributed by atoms with Crippen molar-refractivity contribution >= 4 is 5.91 Å². The third kappa shape index (κ3) is 3.39. The molecule has 1 aliphatic rings. The number of hydrogen-bond donors (Lipinski definition) is 1. The third-order valence-electron chi connectivity index (χ3n) is 4.26. The Balaban J connectivity index is 2.03. The summed E-state index contributed by atoms with van der Waals surface area (Å²) in [5.74, 6) is 0.299. The highest BCUT2D eigenvalue weighted by molar-refractivity contribution is 5.97. The Morgan fingerprint density at radius 2 is 1.96 bits per heavy atom. The second-order valence-electron chi connectivity index (χ2n) is 6.56. The standard InChI is InChI=1S/C19H19N5O/c1-12(2)24-18(19(25)22-11-14-3-4-14)16(10-21)17(23-24)15-7-5-13(9-20)6-8-15/h5-8,12,14H,3-4,11H2,1-2H3,(H,22,25). The van der Waals surface area contributed by atoms with Crippen molar-refractivity contribution < 1.29 is 4.79 Å². The zero-order valence-electron chi connectivity index (χ0n) is 14.3. The van der Waals surface area contributed by atoms with Crippen LogP contribution in [-0.4, -0.2) is 22.2 Å². The van der Waals surface area contributed by atoms with Crippen molar-refractivity contribution in [2.75, 3.05) is 6.54 Å². The average Bonchev–Trinajstić information content (AvgIpc) is 3.37. The van der Waals surface area contributed by atoms with Crippen LogP contribution in [0.1, 0.15) is 54.3 Å². The molecule has 0 atom stereocenters. The second-order valence-corrected chi connectivity index (χ2v) is 6.56. The van der Waals surface area contributed by atoms with E-state index in [0.717, 1.165) is 12.8 Å². The Bertz CT molecular complexity index is 876. The Hall–Kier alpha value is -3.12. The molecule has 25 heavy (non-hydrogen) atoms. The summed E-state index contributed by atoms with van der Waals surface area (Å²) in [5.41, 5.74) is 2.29. The maximum absolute atomic E-state index is 12.7. The first kappa shape index (κ1) is 16.7. The zero-order chi connectivity index (χ0) is 18.0. The summed E-state index contributed by atoms with van der Waals surface area (Å²) in [6.45, 7) is 4.49. The maximum atomic E-state index is 12.7. The lowest BCUT2D eigenvalue weighted by Gasteiger charge is -2.11. The van der Waals surface area contributed by atoms with Crippen molar-refractivity contribution in [3.8, 4) is 23.4 Å². The summed E-state index contributed by atoms with van der Waals surface area (Å²) in [5, 5.41) is 26.0. The average molecular weight is 333 g/mol. The van der Waals surface area contributed by atoms with Crippen LogP contribution in [0.3, 0.4) is 0 Å². The van der Waals surface area contributed by atoms with Gasteiger partial charge in [0.15, 0.2) is 0 Å². The minimum Gasteiger partial charge on any atom is -0.350 e. The van der Waals surface area contributed by atoms with Crippen LogP contribution in [0.5, 0.6) is 0 Å². The van der Waals surface area contributed by atoms with Gasteiger partial charge in [0, 0.05) is 18.2 Å². The van der Waals surface area contributed by atoms with E-state index >= 15 is 0 Å². The molecule has 1 saturated carbocycles. The van der Waals surface area contributed by atoms with E-state index in [1.54, 1.807) is 28.9 Å². The molecule has 0 aliphatic heterocycles. The summed E-state index contributed by atoms with van der Waals surface area (Å²) >= 11 is 0. The molecule has 1 aromatic carbocycles. The number of benzene rings is 1. The molecule has 3 rings (SSSR count). The van der Waals surface area contributed by atoms with Crippen LogP contribution in [0.2, 0.25) is 0 Å². The molecular weight excluding hydrogens is 314 g/mol. The van der Waals surface area contributed by atoms with Gasteiger partial charge in [0.25, 0.3) is 5.91 Å². The van der Waals surface area contributed by atoms with Crippen LogP contribution in [0.15, 0.2) is 24.3 Å². The van der Waals surface area contributed by atoms with Crippen molar-refractivity contribution in [1.82, 2.24) is 15.1 Å². The number of nitrogens with one attached hydrogen (secondary N) is 1. The molecule has 0 saturated heterocycles. The first-order valence-corrected chi connectivity index (χ1v) is 8.36. The van der Waals surface area contributed by atoms with E-state index < -0.39 is 0 Å². The van der Waals surface area contributed by atoms with Gasteiger partial charge in [-0.05, 0) is 44.7 Å². The van der Waals surface area contributed by atoms with Gasteiger partial charge in [-0.15, -0.1) is 0 Å².